The summed E-state index contributed by atoms with van der Waals surface area (Å²) in [5, 5.41) is 17.5. The fraction of sp³-hybridized carbons (Fsp3) is 1.00. The molecule has 12 heteroatoms. The van der Waals surface area contributed by atoms with E-state index in [9.17, 15) is 0 Å². The molecular weight excluding hydrogens is 681 g/mol. The summed E-state index contributed by atoms with van der Waals surface area (Å²) in [6.07, 6.45) is 22.9. The van der Waals surface area contributed by atoms with Crippen molar-refractivity contribution in [3.63, 3.8) is 0 Å². The van der Waals surface area contributed by atoms with Gasteiger partial charge in [0.1, 0.15) is 10.9 Å². The minimum atomic E-state index is 0.0314. The monoisotopic (exact) mass is 759 g/mol. The first-order valence-corrected chi connectivity index (χ1v) is 22.3. The van der Waals surface area contributed by atoms with Gasteiger partial charge < -0.3 is 48.1 Å². The molecule has 0 aromatic heterocycles. The normalized spacial score (nSPS) is 13.0. The zero-order chi connectivity index (χ0) is 36.3. The van der Waals surface area contributed by atoms with E-state index in [-0.39, 0.29) is 24.1 Å². The minimum Gasteiger partial charge on any atom is -0.394 e. The van der Waals surface area contributed by atoms with Crippen LogP contribution in [0.15, 0.2) is 0 Å². The third kappa shape index (κ3) is 41.1. The Morgan fingerprint density at radius 1 is 0.340 bits per heavy atom. The van der Waals surface area contributed by atoms with Crippen molar-refractivity contribution in [3.8, 4) is 0 Å². The molecule has 0 aliphatic carbocycles. The molecule has 0 spiro atoms. The smallest absolute Gasteiger partial charge is 0.113 e. The maximum absolute atomic E-state index is 8.75. The van der Waals surface area contributed by atoms with Gasteiger partial charge in [-0.2, -0.15) is 0 Å². The maximum Gasteiger partial charge on any atom is 0.113 e. The predicted octanol–water partition coefficient (Wildman–Crippen LogP) is 8.20. The molecule has 2 N–H and O–H groups in total. The number of hydrogen-bond acceptors (Lipinski definition) is 12. The molecule has 0 aromatic rings. The summed E-state index contributed by atoms with van der Waals surface area (Å²) in [4.78, 5) is 0. The van der Waals surface area contributed by atoms with Crippen molar-refractivity contribution in [1.29, 1.82) is 0 Å². The number of hydrogen-bond donors (Lipinski definition) is 2. The third-order valence-corrected chi connectivity index (χ3v) is 10.8. The molecule has 0 heterocycles. The van der Waals surface area contributed by atoms with Gasteiger partial charge >= 0.3 is 0 Å². The van der Waals surface area contributed by atoms with E-state index in [2.05, 4.69) is 13.8 Å². The summed E-state index contributed by atoms with van der Waals surface area (Å²) in [7, 11) is 3.63. The Labute approximate surface area is 314 Å². The highest BCUT2D eigenvalue weighted by Crippen LogP contribution is 2.37. The lowest BCUT2D eigenvalue weighted by molar-refractivity contribution is -0.00926. The average Bonchev–Trinajstić information content (AvgIpc) is 3.13. The Balaban J connectivity index is 4.63. The van der Waals surface area contributed by atoms with Gasteiger partial charge in [-0.1, -0.05) is 125 Å². The molecule has 0 aromatic carbocycles. The zero-order valence-corrected chi connectivity index (χ0v) is 33.8. The van der Waals surface area contributed by atoms with Crippen LogP contribution >= 0.6 is 21.6 Å². The van der Waals surface area contributed by atoms with Crippen molar-refractivity contribution in [3.05, 3.63) is 0 Å². The summed E-state index contributed by atoms with van der Waals surface area (Å²) in [5.41, 5.74) is 0.200. The summed E-state index contributed by atoms with van der Waals surface area (Å²) < 4.78 is 45.6. The van der Waals surface area contributed by atoms with Crippen LogP contribution in [0, 0.1) is 0 Å². The third-order valence-electron chi connectivity index (χ3n) is 7.88. The molecule has 0 aliphatic rings. The molecule has 2 atom stereocenters. The SMILES string of the molecule is CCCCCCCCCCC(OCCOCCOCCOCCO)SSC(CCCCCCCCCC)OCCOCCOCCOCCO. The Kier molecular flexibility index (Phi) is 45.7. The van der Waals surface area contributed by atoms with E-state index >= 15 is 0 Å². The quantitative estimate of drug-likeness (QED) is 0.0355. The van der Waals surface area contributed by atoms with E-state index < -0.39 is 0 Å². The van der Waals surface area contributed by atoms with Crippen LogP contribution in [0.1, 0.15) is 129 Å². The Hall–Kier alpha value is 0.300. The molecule has 0 aliphatic heterocycles. The largest absolute Gasteiger partial charge is 0.394 e. The maximum atomic E-state index is 8.75. The highest BCUT2D eigenvalue weighted by molar-refractivity contribution is 8.77. The summed E-state index contributed by atoms with van der Waals surface area (Å²) in [6.45, 7) is 11.5. The lowest BCUT2D eigenvalue weighted by atomic mass is 10.1. The van der Waals surface area contributed by atoms with Gasteiger partial charge in [-0.3, -0.25) is 0 Å². The Morgan fingerprint density at radius 2 is 0.600 bits per heavy atom. The molecule has 50 heavy (non-hydrogen) atoms. The number of rotatable bonds is 45. The van der Waals surface area contributed by atoms with Crippen LogP contribution in [-0.2, 0) is 37.9 Å². The summed E-state index contributed by atoms with van der Waals surface area (Å²) in [6, 6.07) is 0. The van der Waals surface area contributed by atoms with Crippen molar-refractivity contribution < 1.29 is 48.1 Å². The van der Waals surface area contributed by atoms with Crippen LogP contribution in [-0.4, -0.2) is 127 Å². The molecule has 0 saturated carbocycles. The van der Waals surface area contributed by atoms with E-state index in [1.54, 1.807) is 0 Å². The van der Waals surface area contributed by atoms with Gasteiger partial charge in [-0.25, -0.2) is 0 Å². The van der Waals surface area contributed by atoms with Gasteiger partial charge in [0.25, 0.3) is 0 Å². The van der Waals surface area contributed by atoms with Crippen LogP contribution in [0.2, 0.25) is 0 Å². The van der Waals surface area contributed by atoms with Gasteiger partial charge in [0.2, 0.25) is 0 Å². The molecule has 0 amide bonds. The van der Waals surface area contributed by atoms with Crippen molar-refractivity contribution in [1.82, 2.24) is 0 Å². The molecule has 0 rings (SSSR count). The van der Waals surface area contributed by atoms with E-state index in [0.29, 0.717) is 92.5 Å². The number of ether oxygens (including phenoxy) is 8. The van der Waals surface area contributed by atoms with Gasteiger partial charge in [0.15, 0.2) is 0 Å². The first-order chi connectivity index (χ1) is 24.8. The number of unbranched alkanes of at least 4 members (excludes halogenated alkanes) is 14. The number of aliphatic hydroxyl groups is 2. The van der Waals surface area contributed by atoms with Crippen LogP contribution in [0.25, 0.3) is 0 Å². The van der Waals surface area contributed by atoms with E-state index in [4.69, 9.17) is 48.1 Å². The van der Waals surface area contributed by atoms with Crippen molar-refractivity contribution in [2.75, 3.05) is 106 Å². The summed E-state index contributed by atoms with van der Waals surface area (Å²) >= 11 is 0. The molecule has 0 bridgehead atoms. The second-order valence-corrected chi connectivity index (χ2v) is 15.0. The molecule has 0 saturated heterocycles. The second-order valence-electron chi connectivity index (χ2n) is 12.4. The summed E-state index contributed by atoms with van der Waals surface area (Å²) in [5.74, 6) is 0. The van der Waals surface area contributed by atoms with E-state index in [0.717, 1.165) is 12.8 Å². The van der Waals surface area contributed by atoms with Gasteiger partial charge in [0, 0.05) is 0 Å². The molecule has 302 valence electrons. The standard InChI is InChI=1S/C38H78O10S2/c1-3-5-7-9-11-13-15-17-19-37(47-35-33-45-31-29-43-27-25-41-23-21-39)49-50-38(20-18-16-14-12-10-8-6-4-2)48-36-34-46-32-30-44-28-26-42-24-22-40/h37-40H,3-36H2,1-2H3. The molecule has 0 radical (unpaired) electrons. The highest BCUT2D eigenvalue weighted by Gasteiger charge is 2.17. The van der Waals surface area contributed by atoms with E-state index in [1.165, 1.54) is 103 Å². The Bertz CT molecular complexity index is 562. The second kappa shape index (κ2) is 45.5. The van der Waals surface area contributed by atoms with Gasteiger partial charge in [0.05, 0.1) is 106 Å². The van der Waals surface area contributed by atoms with Crippen molar-refractivity contribution in [2.24, 2.45) is 0 Å². The van der Waals surface area contributed by atoms with Crippen LogP contribution in [0.5, 0.6) is 0 Å². The topological polar surface area (TPSA) is 114 Å². The first kappa shape index (κ1) is 50.3. The fourth-order valence-corrected chi connectivity index (χ4v) is 7.75. The van der Waals surface area contributed by atoms with Crippen molar-refractivity contribution in [2.45, 2.75) is 140 Å². The molecular formula is C38H78O10S2. The Morgan fingerprint density at radius 3 is 0.900 bits per heavy atom. The van der Waals surface area contributed by atoms with Gasteiger partial charge in [-0.05, 0) is 25.7 Å². The fourth-order valence-electron chi connectivity index (χ4n) is 5.02. The van der Waals surface area contributed by atoms with Gasteiger partial charge in [-0.15, -0.1) is 0 Å². The van der Waals surface area contributed by atoms with Crippen LogP contribution < -0.4 is 0 Å². The minimum absolute atomic E-state index is 0.0314. The lowest BCUT2D eigenvalue weighted by Gasteiger charge is -2.22. The average molecular weight is 759 g/mol. The van der Waals surface area contributed by atoms with Crippen LogP contribution in [0.3, 0.4) is 0 Å². The number of aliphatic hydroxyl groups excluding tert-OH is 2. The molecule has 2 unspecified atom stereocenters. The zero-order valence-electron chi connectivity index (χ0n) is 32.2. The van der Waals surface area contributed by atoms with Crippen LogP contribution in [0.4, 0.5) is 0 Å². The molecule has 10 nitrogen and oxygen atoms in total. The molecule has 0 fully saturated rings. The first-order valence-electron chi connectivity index (χ1n) is 20.0. The lowest BCUT2D eigenvalue weighted by Crippen LogP contribution is -2.17. The highest BCUT2D eigenvalue weighted by atomic mass is 33.1. The van der Waals surface area contributed by atoms with Crippen molar-refractivity contribution >= 4 is 21.6 Å². The van der Waals surface area contributed by atoms with E-state index in [1.807, 2.05) is 21.6 Å². The predicted molar refractivity (Wildman–Crippen MR) is 208 cm³/mol.